The van der Waals surface area contributed by atoms with E-state index in [4.69, 9.17) is 11.6 Å². The van der Waals surface area contributed by atoms with Crippen LogP contribution in [0.15, 0.2) is 115 Å². The maximum atomic E-state index is 5.78. The minimum Gasteiger partial charge on any atom is -0.122 e. The van der Waals surface area contributed by atoms with Crippen molar-refractivity contribution in [3.05, 3.63) is 126 Å². The van der Waals surface area contributed by atoms with E-state index in [0.717, 1.165) is 0 Å². The van der Waals surface area contributed by atoms with Crippen LogP contribution in [0.5, 0.6) is 0 Å². The molecule has 0 bridgehead atoms. The molecule has 0 fully saturated rings. The Labute approximate surface area is 187 Å². The van der Waals surface area contributed by atoms with Gasteiger partial charge in [-0.25, -0.2) is 0 Å². The number of benzene rings is 4. The SMILES string of the molecule is CC(C)c1ccccc1CCl.c1ccc(P(c2ccccc2)c2ccccc2)cc1. The van der Waals surface area contributed by atoms with Gasteiger partial charge in [0.15, 0.2) is 0 Å². The molecule has 2 heteroatoms. The molecule has 0 N–H and O–H groups in total. The maximum absolute atomic E-state index is 5.78. The smallest absolute Gasteiger partial charge is 0.0476 e. The Bertz CT molecular complexity index is 904. The Balaban J connectivity index is 0.000000199. The highest BCUT2D eigenvalue weighted by atomic mass is 35.5. The van der Waals surface area contributed by atoms with Crippen molar-refractivity contribution in [2.24, 2.45) is 0 Å². The molecule has 0 nitrogen and oxygen atoms in total. The Hall–Kier alpha value is -2.40. The molecule has 4 aromatic rings. The number of hydrogen-bond donors (Lipinski definition) is 0. The minimum atomic E-state index is -0.446. The van der Waals surface area contributed by atoms with Crippen LogP contribution in [0.25, 0.3) is 0 Å². The normalized spacial score (nSPS) is 10.6. The van der Waals surface area contributed by atoms with Crippen molar-refractivity contribution >= 4 is 35.4 Å². The van der Waals surface area contributed by atoms with Crippen molar-refractivity contribution in [3.8, 4) is 0 Å². The molecule has 0 aliphatic rings. The first-order chi connectivity index (χ1) is 14.7. The molecule has 0 atom stereocenters. The van der Waals surface area contributed by atoms with Crippen molar-refractivity contribution in [3.63, 3.8) is 0 Å². The summed E-state index contributed by atoms with van der Waals surface area (Å²) in [5.41, 5.74) is 2.62. The van der Waals surface area contributed by atoms with Crippen molar-refractivity contribution in [1.82, 2.24) is 0 Å². The van der Waals surface area contributed by atoms with Crippen LogP contribution < -0.4 is 15.9 Å². The molecule has 4 aromatic carbocycles. The first-order valence-corrected chi connectivity index (χ1v) is 12.2. The summed E-state index contributed by atoms with van der Waals surface area (Å²) in [6.45, 7) is 4.37. The molecular weight excluding hydrogens is 403 g/mol. The highest BCUT2D eigenvalue weighted by Gasteiger charge is 2.15. The Morgan fingerprint density at radius 3 is 1.27 bits per heavy atom. The third kappa shape index (κ3) is 6.05. The van der Waals surface area contributed by atoms with Gasteiger partial charge in [-0.2, -0.15) is 0 Å². The molecule has 30 heavy (non-hydrogen) atoms. The highest BCUT2D eigenvalue weighted by Crippen LogP contribution is 2.32. The summed E-state index contributed by atoms with van der Waals surface area (Å²) >= 11 is 5.78. The molecule has 0 radical (unpaired) electrons. The van der Waals surface area contributed by atoms with Gasteiger partial charge in [0.25, 0.3) is 0 Å². The number of rotatable bonds is 5. The summed E-state index contributed by atoms with van der Waals surface area (Å²) in [7, 11) is -0.446. The van der Waals surface area contributed by atoms with E-state index in [0.29, 0.717) is 11.8 Å². The molecule has 0 aliphatic carbocycles. The fourth-order valence-corrected chi connectivity index (χ4v) is 5.95. The zero-order valence-electron chi connectivity index (χ0n) is 17.6. The zero-order chi connectivity index (χ0) is 21.2. The summed E-state index contributed by atoms with van der Waals surface area (Å²) in [5.74, 6) is 1.19. The highest BCUT2D eigenvalue weighted by molar-refractivity contribution is 7.79. The van der Waals surface area contributed by atoms with Crippen LogP contribution in [0, 0.1) is 0 Å². The largest absolute Gasteiger partial charge is 0.122 e. The van der Waals surface area contributed by atoms with Crippen LogP contribution in [0.1, 0.15) is 30.9 Å². The van der Waals surface area contributed by atoms with E-state index in [1.165, 1.54) is 27.0 Å². The van der Waals surface area contributed by atoms with Gasteiger partial charge in [0.1, 0.15) is 0 Å². The van der Waals surface area contributed by atoms with Crippen molar-refractivity contribution in [2.75, 3.05) is 0 Å². The molecule has 0 amide bonds. The van der Waals surface area contributed by atoms with Crippen LogP contribution in [0.3, 0.4) is 0 Å². The molecular formula is C28H28ClP. The van der Waals surface area contributed by atoms with Gasteiger partial charge in [-0.05, 0) is 40.9 Å². The van der Waals surface area contributed by atoms with E-state index in [9.17, 15) is 0 Å². The minimum absolute atomic E-state index is 0.446. The summed E-state index contributed by atoms with van der Waals surface area (Å²) in [6, 6.07) is 40.6. The third-order valence-electron chi connectivity index (χ3n) is 4.86. The summed E-state index contributed by atoms with van der Waals surface area (Å²) in [6.07, 6.45) is 0. The van der Waals surface area contributed by atoms with Gasteiger partial charge in [0.2, 0.25) is 0 Å². The lowest BCUT2D eigenvalue weighted by molar-refractivity contribution is 0.854. The van der Waals surface area contributed by atoms with E-state index in [1.807, 2.05) is 6.07 Å². The number of alkyl halides is 1. The fraction of sp³-hybridized carbons (Fsp3) is 0.143. The predicted molar refractivity (Wildman–Crippen MR) is 135 cm³/mol. The molecule has 0 aliphatic heterocycles. The standard InChI is InChI=1S/C18H15P.C10H13Cl/c1-4-10-16(11-5-1)19(17-12-6-2-7-13-17)18-14-8-3-9-15-18;1-8(2)10-6-4-3-5-9(10)7-11/h1-15H;3-6,8H,7H2,1-2H3. The fourth-order valence-electron chi connectivity index (χ4n) is 3.40. The lowest BCUT2D eigenvalue weighted by Crippen LogP contribution is -2.20. The van der Waals surface area contributed by atoms with Gasteiger partial charge >= 0.3 is 0 Å². The number of hydrogen-bond acceptors (Lipinski definition) is 0. The molecule has 152 valence electrons. The summed E-state index contributed by atoms with van der Waals surface area (Å²) in [5, 5.41) is 4.19. The van der Waals surface area contributed by atoms with Gasteiger partial charge < -0.3 is 0 Å². The van der Waals surface area contributed by atoms with Crippen LogP contribution in [-0.4, -0.2) is 0 Å². The average Bonchev–Trinajstić information content (AvgIpc) is 2.82. The van der Waals surface area contributed by atoms with Gasteiger partial charge in [-0.3, -0.25) is 0 Å². The predicted octanol–water partition coefficient (Wildman–Crippen LogP) is 6.99. The van der Waals surface area contributed by atoms with E-state index >= 15 is 0 Å². The molecule has 4 rings (SSSR count). The van der Waals surface area contributed by atoms with Gasteiger partial charge in [0, 0.05) is 5.88 Å². The molecule has 0 spiro atoms. The van der Waals surface area contributed by atoms with Crippen LogP contribution >= 0.6 is 19.5 Å². The van der Waals surface area contributed by atoms with Gasteiger partial charge in [-0.1, -0.05) is 129 Å². The van der Waals surface area contributed by atoms with E-state index in [1.54, 1.807) is 0 Å². The van der Waals surface area contributed by atoms with Crippen LogP contribution in [-0.2, 0) is 5.88 Å². The topological polar surface area (TPSA) is 0 Å². The summed E-state index contributed by atoms with van der Waals surface area (Å²) in [4.78, 5) is 0. The van der Waals surface area contributed by atoms with Gasteiger partial charge in [-0.15, -0.1) is 11.6 Å². The first-order valence-electron chi connectivity index (χ1n) is 10.3. The second kappa shape index (κ2) is 11.7. The lowest BCUT2D eigenvalue weighted by atomic mass is 9.98. The van der Waals surface area contributed by atoms with Gasteiger partial charge in [0.05, 0.1) is 0 Å². The molecule has 0 unspecified atom stereocenters. The van der Waals surface area contributed by atoms with Crippen LogP contribution in [0.4, 0.5) is 0 Å². The Kier molecular flexibility index (Phi) is 8.69. The van der Waals surface area contributed by atoms with E-state index in [2.05, 4.69) is 123 Å². The van der Waals surface area contributed by atoms with E-state index in [-0.39, 0.29) is 0 Å². The monoisotopic (exact) mass is 430 g/mol. The average molecular weight is 431 g/mol. The van der Waals surface area contributed by atoms with Crippen LogP contribution in [0.2, 0.25) is 0 Å². The summed E-state index contributed by atoms with van der Waals surface area (Å²) < 4.78 is 0. The Morgan fingerprint density at radius 2 is 0.933 bits per heavy atom. The van der Waals surface area contributed by atoms with Crippen molar-refractivity contribution < 1.29 is 0 Å². The molecule has 0 heterocycles. The molecule has 0 aromatic heterocycles. The zero-order valence-corrected chi connectivity index (χ0v) is 19.2. The quantitative estimate of drug-likeness (QED) is 0.236. The molecule has 0 saturated carbocycles. The second-order valence-electron chi connectivity index (χ2n) is 7.33. The lowest BCUT2D eigenvalue weighted by Gasteiger charge is -2.18. The van der Waals surface area contributed by atoms with E-state index < -0.39 is 7.92 Å². The molecule has 0 saturated heterocycles. The maximum Gasteiger partial charge on any atom is 0.0476 e. The third-order valence-corrected chi connectivity index (χ3v) is 7.60. The Morgan fingerprint density at radius 1 is 0.567 bits per heavy atom. The number of halogens is 1. The van der Waals surface area contributed by atoms with Crippen molar-refractivity contribution in [2.45, 2.75) is 25.6 Å². The first kappa shape index (κ1) is 22.3. The van der Waals surface area contributed by atoms with Crippen molar-refractivity contribution in [1.29, 1.82) is 0 Å². The second-order valence-corrected chi connectivity index (χ2v) is 9.82.